The molecule has 1 atom stereocenters. The Hall–Kier alpha value is -2.32. The van der Waals surface area contributed by atoms with E-state index in [1.165, 1.54) is 0 Å². The first-order valence-electron chi connectivity index (χ1n) is 8.37. The molecule has 3 heterocycles. The zero-order chi connectivity index (χ0) is 17.8. The molecule has 0 bridgehead atoms. The van der Waals surface area contributed by atoms with Gasteiger partial charge in [0.05, 0.1) is 25.5 Å². The van der Waals surface area contributed by atoms with Crippen LogP contribution in [-0.2, 0) is 18.3 Å². The number of aromatic nitrogens is 4. The summed E-state index contributed by atoms with van der Waals surface area (Å²) in [5, 5.41) is 8.34. The quantitative estimate of drug-likeness (QED) is 0.712. The lowest BCUT2D eigenvalue weighted by atomic mass is 9.98. The van der Waals surface area contributed by atoms with Crippen molar-refractivity contribution in [1.29, 1.82) is 0 Å². The van der Waals surface area contributed by atoms with Gasteiger partial charge < -0.3 is 14.5 Å². The first-order valence-corrected chi connectivity index (χ1v) is 8.37. The molecule has 8 nitrogen and oxygen atoms in total. The van der Waals surface area contributed by atoms with Gasteiger partial charge >= 0.3 is 0 Å². The molecule has 1 aliphatic rings. The number of pyridine rings is 1. The molecule has 1 amide bonds. The summed E-state index contributed by atoms with van der Waals surface area (Å²) in [7, 11) is 5.91. The number of rotatable bonds is 6. The number of hydrogen-bond donors (Lipinski definition) is 0. The lowest BCUT2D eigenvalue weighted by Gasteiger charge is -2.32. The van der Waals surface area contributed by atoms with Crippen LogP contribution in [0.3, 0.4) is 0 Å². The Morgan fingerprint density at radius 2 is 2.24 bits per heavy atom. The van der Waals surface area contributed by atoms with Crippen molar-refractivity contribution >= 4 is 5.91 Å². The average molecular weight is 344 g/mol. The molecule has 0 saturated heterocycles. The van der Waals surface area contributed by atoms with Gasteiger partial charge in [0.25, 0.3) is 5.91 Å². The van der Waals surface area contributed by atoms with Crippen molar-refractivity contribution in [3.63, 3.8) is 0 Å². The highest BCUT2D eigenvalue weighted by atomic mass is 16.5. The largest absolute Gasteiger partial charge is 0.379 e. The standard InChI is InChI=1S/C17H24N6O2/c1-21(2)8-9-25-12-13-10-23(11-15-16(13)22(3)20-19-15)17(24)14-6-4-5-7-18-14/h4-7,13H,8-12H2,1-3H3/t13-/m0/s1. The van der Waals surface area contributed by atoms with Crippen LogP contribution in [0, 0.1) is 0 Å². The second kappa shape index (κ2) is 7.71. The van der Waals surface area contributed by atoms with Crippen LogP contribution >= 0.6 is 0 Å². The SMILES string of the molecule is CN(C)CCOC[C@@H]1CN(C(=O)c2ccccn2)Cc2nnn(C)c21. The molecular weight excluding hydrogens is 320 g/mol. The minimum absolute atomic E-state index is 0.0542. The van der Waals surface area contributed by atoms with Gasteiger partial charge in [0.1, 0.15) is 11.4 Å². The molecule has 0 aromatic carbocycles. The summed E-state index contributed by atoms with van der Waals surface area (Å²) in [6, 6.07) is 5.35. The second-order valence-electron chi connectivity index (χ2n) is 6.52. The number of carbonyl (C=O) groups excluding carboxylic acids is 1. The minimum Gasteiger partial charge on any atom is -0.379 e. The van der Waals surface area contributed by atoms with Crippen LogP contribution in [-0.4, -0.2) is 76.1 Å². The molecule has 0 fully saturated rings. The highest BCUT2D eigenvalue weighted by Crippen LogP contribution is 2.27. The Morgan fingerprint density at radius 1 is 1.40 bits per heavy atom. The molecule has 0 saturated carbocycles. The van der Waals surface area contributed by atoms with Gasteiger partial charge in [-0.05, 0) is 26.2 Å². The molecule has 3 rings (SSSR count). The van der Waals surface area contributed by atoms with E-state index in [-0.39, 0.29) is 11.8 Å². The van der Waals surface area contributed by atoms with Crippen LogP contribution in [0.25, 0.3) is 0 Å². The van der Waals surface area contributed by atoms with Crippen molar-refractivity contribution in [2.24, 2.45) is 7.05 Å². The highest BCUT2D eigenvalue weighted by molar-refractivity contribution is 5.92. The predicted octanol–water partition coefficient (Wildman–Crippen LogP) is 0.528. The van der Waals surface area contributed by atoms with Gasteiger partial charge in [-0.15, -0.1) is 5.10 Å². The molecule has 2 aromatic rings. The van der Waals surface area contributed by atoms with Crippen LogP contribution in [0.1, 0.15) is 27.8 Å². The summed E-state index contributed by atoms with van der Waals surface area (Å²) in [4.78, 5) is 20.8. The van der Waals surface area contributed by atoms with Gasteiger partial charge in [-0.3, -0.25) is 14.5 Å². The van der Waals surface area contributed by atoms with Crippen LogP contribution in [0.2, 0.25) is 0 Å². The molecule has 0 radical (unpaired) electrons. The van der Waals surface area contributed by atoms with Gasteiger partial charge in [-0.25, -0.2) is 0 Å². The first-order chi connectivity index (χ1) is 12.1. The van der Waals surface area contributed by atoms with Gasteiger partial charge in [0, 0.05) is 32.3 Å². The summed E-state index contributed by atoms with van der Waals surface area (Å²) >= 11 is 0. The van der Waals surface area contributed by atoms with Crippen molar-refractivity contribution in [3.8, 4) is 0 Å². The minimum atomic E-state index is -0.0878. The van der Waals surface area contributed by atoms with E-state index in [1.54, 1.807) is 27.9 Å². The topological polar surface area (TPSA) is 76.4 Å². The summed E-state index contributed by atoms with van der Waals surface area (Å²) in [5.74, 6) is -0.0335. The van der Waals surface area contributed by atoms with E-state index in [1.807, 2.05) is 27.2 Å². The van der Waals surface area contributed by atoms with E-state index in [0.717, 1.165) is 17.9 Å². The van der Waals surface area contributed by atoms with Gasteiger partial charge in [0.2, 0.25) is 0 Å². The van der Waals surface area contributed by atoms with Crippen molar-refractivity contribution in [3.05, 3.63) is 41.5 Å². The van der Waals surface area contributed by atoms with Crippen molar-refractivity contribution in [2.45, 2.75) is 12.5 Å². The van der Waals surface area contributed by atoms with Crippen LogP contribution < -0.4 is 0 Å². The Balaban J connectivity index is 1.73. The van der Waals surface area contributed by atoms with E-state index in [2.05, 4.69) is 20.2 Å². The van der Waals surface area contributed by atoms with E-state index in [9.17, 15) is 4.79 Å². The molecule has 0 N–H and O–H groups in total. The molecule has 25 heavy (non-hydrogen) atoms. The molecule has 134 valence electrons. The lowest BCUT2D eigenvalue weighted by molar-refractivity contribution is 0.0608. The molecule has 0 unspecified atom stereocenters. The summed E-state index contributed by atoms with van der Waals surface area (Å²) in [5.41, 5.74) is 2.33. The Kier molecular flexibility index (Phi) is 5.40. The van der Waals surface area contributed by atoms with Crippen LogP contribution in [0.5, 0.6) is 0 Å². The third kappa shape index (κ3) is 4.02. The number of hydrogen-bond acceptors (Lipinski definition) is 6. The van der Waals surface area contributed by atoms with E-state index >= 15 is 0 Å². The normalized spacial score (nSPS) is 17.0. The van der Waals surface area contributed by atoms with E-state index in [4.69, 9.17) is 4.74 Å². The third-order valence-corrected chi connectivity index (χ3v) is 4.29. The van der Waals surface area contributed by atoms with Crippen molar-refractivity contribution < 1.29 is 9.53 Å². The summed E-state index contributed by atoms with van der Waals surface area (Å²) in [6.45, 7) is 3.07. The molecule has 0 aliphatic carbocycles. The van der Waals surface area contributed by atoms with Crippen LogP contribution in [0.4, 0.5) is 0 Å². The maximum atomic E-state index is 12.7. The number of aryl methyl sites for hydroxylation is 1. The Labute approximate surface area is 147 Å². The Morgan fingerprint density at radius 3 is 2.96 bits per heavy atom. The maximum absolute atomic E-state index is 12.7. The fourth-order valence-corrected chi connectivity index (χ4v) is 3.03. The molecule has 1 aliphatic heterocycles. The highest BCUT2D eigenvalue weighted by Gasteiger charge is 2.33. The number of amides is 1. The lowest BCUT2D eigenvalue weighted by Crippen LogP contribution is -2.40. The first kappa shape index (κ1) is 17.5. The number of fused-ring (bicyclic) bond motifs is 1. The van der Waals surface area contributed by atoms with Crippen LogP contribution in [0.15, 0.2) is 24.4 Å². The van der Waals surface area contributed by atoms with E-state index < -0.39 is 0 Å². The second-order valence-corrected chi connectivity index (χ2v) is 6.52. The maximum Gasteiger partial charge on any atom is 0.272 e. The number of nitrogens with zero attached hydrogens (tertiary/aromatic N) is 6. The average Bonchev–Trinajstić information content (AvgIpc) is 2.99. The fourth-order valence-electron chi connectivity index (χ4n) is 3.03. The fraction of sp³-hybridized carbons (Fsp3) is 0.529. The molecule has 0 spiro atoms. The van der Waals surface area contributed by atoms with Gasteiger partial charge in [-0.2, -0.15) is 0 Å². The van der Waals surface area contributed by atoms with Gasteiger partial charge in [-0.1, -0.05) is 11.3 Å². The zero-order valence-electron chi connectivity index (χ0n) is 14.9. The van der Waals surface area contributed by atoms with Crippen molar-refractivity contribution in [1.82, 2.24) is 29.8 Å². The van der Waals surface area contributed by atoms with E-state index in [0.29, 0.717) is 32.0 Å². The number of carbonyl (C=O) groups is 1. The Bertz CT molecular complexity index is 715. The van der Waals surface area contributed by atoms with Gasteiger partial charge in [0.15, 0.2) is 0 Å². The summed E-state index contributed by atoms with van der Waals surface area (Å²) in [6.07, 6.45) is 1.63. The van der Waals surface area contributed by atoms with Crippen molar-refractivity contribution in [2.75, 3.05) is 40.4 Å². The molecule has 8 heteroatoms. The molecular formula is C17H24N6O2. The molecule has 2 aromatic heterocycles. The number of likely N-dealkylation sites (N-methyl/N-ethyl adjacent to an activating group) is 1. The third-order valence-electron chi connectivity index (χ3n) is 4.29. The smallest absolute Gasteiger partial charge is 0.272 e. The monoisotopic (exact) mass is 344 g/mol. The zero-order valence-corrected chi connectivity index (χ0v) is 14.9. The number of ether oxygens (including phenoxy) is 1. The summed E-state index contributed by atoms with van der Waals surface area (Å²) < 4.78 is 7.62. The predicted molar refractivity (Wildman–Crippen MR) is 92.1 cm³/mol.